The van der Waals surface area contributed by atoms with Gasteiger partial charge in [0.25, 0.3) is 0 Å². The van der Waals surface area contributed by atoms with Crippen LogP contribution in [-0.4, -0.2) is 19.0 Å². The average Bonchev–Trinajstić information content (AvgIpc) is 2.42. The van der Waals surface area contributed by atoms with Gasteiger partial charge in [-0.15, -0.1) is 6.58 Å². The predicted octanol–water partition coefficient (Wildman–Crippen LogP) is 5.72. The number of hydrogen-bond acceptors (Lipinski definition) is 2. The van der Waals surface area contributed by atoms with Crippen LogP contribution < -0.4 is 0 Å². The first kappa shape index (κ1) is 18.7. The molecule has 0 aromatic carbocycles. The van der Waals surface area contributed by atoms with Crippen molar-refractivity contribution in [2.45, 2.75) is 91.5 Å². The van der Waals surface area contributed by atoms with E-state index in [-0.39, 0.29) is 11.7 Å². The van der Waals surface area contributed by atoms with Crippen LogP contribution in [0.3, 0.4) is 0 Å². The SMILES string of the molecule is C=CCCCCCCCC[C@H]1OCC(C)(C)[C@@H](C(C)C)O1. The topological polar surface area (TPSA) is 18.5 Å². The first-order valence-corrected chi connectivity index (χ1v) is 8.85. The molecule has 0 saturated carbocycles. The molecule has 1 heterocycles. The maximum absolute atomic E-state index is 6.19. The Bertz CT molecular complexity index is 283. The summed E-state index contributed by atoms with van der Waals surface area (Å²) in [5.74, 6) is 0.552. The molecule has 1 fully saturated rings. The summed E-state index contributed by atoms with van der Waals surface area (Å²) < 4.78 is 12.1. The zero-order chi connectivity index (χ0) is 15.7. The summed E-state index contributed by atoms with van der Waals surface area (Å²) in [5, 5.41) is 0. The van der Waals surface area contributed by atoms with Gasteiger partial charge in [-0.25, -0.2) is 0 Å². The minimum Gasteiger partial charge on any atom is -0.352 e. The highest BCUT2D eigenvalue weighted by atomic mass is 16.7. The second kappa shape index (κ2) is 9.63. The van der Waals surface area contributed by atoms with Gasteiger partial charge in [0.15, 0.2) is 6.29 Å². The van der Waals surface area contributed by atoms with E-state index in [9.17, 15) is 0 Å². The van der Waals surface area contributed by atoms with Gasteiger partial charge >= 0.3 is 0 Å². The highest BCUT2D eigenvalue weighted by Gasteiger charge is 2.39. The molecule has 1 aliphatic rings. The Morgan fingerprint density at radius 1 is 1.10 bits per heavy atom. The molecule has 0 spiro atoms. The predicted molar refractivity (Wildman–Crippen MR) is 90.4 cm³/mol. The Balaban J connectivity index is 2.12. The summed E-state index contributed by atoms with van der Waals surface area (Å²) >= 11 is 0. The van der Waals surface area contributed by atoms with Crippen molar-refractivity contribution < 1.29 is 9.47 Å². The van der Waals surface area contributed by atoms with Crippen LogP contribution in [0.15, 0.2) is 12.7 Å². The first-order valence-electron chi connectivity index (χ1n) is 8.85. The van der Waals surface area contributed by atoms with E-state index in [4.69, 9.17) is 9.47 Å². The van der Waals surface area contributed by atoms with Gasteiger partial charge in [0.2, 0.25) is 0 Å². The second-order valence-corrected chi connectivity index (χ2v) is 7.52. The van der Waals surface area contributed by atoms with E-state index in [0.717, 1.165) is 19.4 Å². The maximum Gasteiger partial charge on any atom is 0.158 e. The van der Waals surface area contributed by atoms with E-state index in [1.54, 1.807) is 0 Å². The molecule has 2 atom stereocenters. The molecule has 1 saturated heterocycles. The van der Waals surface area contributed by atoms with E-state index >= 15 is 0 Å². The molecule has 0 radical (unpaired) electrons. The van der Waals surface area contributed by atoms with Crippen LogP contribution in [0.2, 0.25) is 0 Å². The van der Waals surface area contributed by atoms with Crippen molar-refractivity contribution in [1.82, 2.24) is 0 Å². The Kier molecular flexibility index (Phi) is 8.58. The van der Waals surface area contributed by atoms with Gasteiger partial charge in [-0.05, 0) is 31.6 Å². The molecule has 0 N–H and O–H groups in total. The quantitative estimate of drug-likeness (QED) is 0.379. The molecule has 124 valence electrons. The highest BCUT2D eigenvalue weighted by molar-refractivity contribution is 4.84. The van der Waals surface area contributed by atoms with Crippen molar-refractivity contribution in [1.29, 1.82) is 0 Å². The highest BCUT2D eigenvalue weighted by Crippen LogP contribution is 2.35. The maximum atomic E-state index is 6.19. The van der Waals surface area contributed by atoms with Crippen LogP contribution in [0.25, 0.3) is 0 Å². The number of allylic oxidation sites excluding steroid dienone is 1. The summed E-state index contributed by atoms with van der Waals surface area (Å²) in [4.78, 5) is 0. The lowest BCUT2D eigenvalue weighted by Gasteiger charge is -2.44. The zero-order valence-corrected chi connectivity index (χ0v) is 14.7. The fourth-order valence-electron chi connectivity index (χ4n) is 3.29. The molecular weight excluding hydrogens is 260 g/mol. The van der Waals surface area contributed by atoms with Crippen LogP contribution in [0.1, 0.15) is 79.1 Å². The molecule has 0 amide bonds. The first-order chi connectivity index (χ1) is 9.97. The smallest absolute Gasteiger partial charge is 0.158 e. The van der Waals surface area contributed by atoms with E-state index in [2.05, 4.69) is 34.3 Å². The summed E-state index contributed by atoms with van der Waals surface area (Å²) in [7, 11) is 0. The zero-order valence-electron chi connectivity index (χ0n) is 14.7. The lowest BCUT2D eigenvalue weighted by molar-refractivity contribution is -0.271. The molecule has 0 aromatic rings. The van der Waals surface area contributed by atoms with Gasteiger partial charge in [0.1, 0.15) is 0 Å². The standard InChI is InChI=1S/C19H36O2/c1-6-7-8-9-10-11-12-13-14-17-20-15-19(4,5)18(21-17)16(2)3/h6,16-18H,1,7-15H2,2-5H3/t17-,18+/m0/s1. The van der Waals surface area contributed by atoms with E-state index in [1.165, 1.54) is 38.5 Å². The Hall–Kier alpha value is -0.340. The van der Waals surface area contributed by atoms with Crippen LogP contribution in [0.4, 0.5) is 0 Å². The van der Waals surface area contributed by atoms with E-state index in [1.807, 2.05) is 6.08 Å². The van der Waals surface area contributed by atoms with Gasteiger partial charge in [-0.3, -0.25) is 0 Å². The summed E-state index contributed by atoms with van der Waals surface area (Å²) in [6.07, 6.45) is 12.4. The molecule has 0 aromatic heterocycles. The molecule has 0 bridgehead atoms. The monoisotopic (exact) mass is 296 g/mol. The third-order valence-corrected chi connectivity index (χ3v) is 4.41. The summed E-state index contributed by atoms with van der Waals surface area (Å²) in [6, 6.07) is 0. The van der Waals surface area contributed by atoms with Gasteiger partial charge in [-0.1, -0.05) is 59.5 Å². The molecule has 2 nitrogen and oxygen atoms in total. The van der Waals surface area contributed by atoms with Gasteiger partial charge in [0.05, 0.1) is 12.7 Å². The van der Waals surface area contributed by atoms with Gasteiger partial charge < -0.3 is 9.47 Å². The number of unbranched alkanes of at least 4 members (excludes halogenated alkanes) is 6. The largest absolute Gasteiger partial charge is 0.352 e. The summed E-state index contributed by atoms with van der Waals surface area (Å²) in [6.45, 7) is 13.6. The minimum absolute atomic E-state index is 0.0196. The van der Waals surface area contributed by atoms with E-state index < -0.39 is 0 Å². The molecular formula is C19H36O2. The molecule has 0 aliphatic carbocycles. The third kappa shape index (κ3) is 6.97. The normalized spacial score (nSPS) is 25.2. The van der Waals surface area contributed by atoms with E-state index in [0.29, 0.717) is 12.0 Å². The lowest BCUT2D eigenvalue weighted by Crippen LogP contribution is -2.48. The lowest BCUT2D eigenvalue weighted by atomic mass is 9.80. The van der Waals surface area contributed by atoms with Crippen molar-refractivity contribution in [3.63, 3.8) is 0 Å². The van der Waals surface area contributed by atoms with Crippen molar-refractivity contribution in [3.8, 4) is 0 Å². The summed E-state index contributed by atoms with van der Waals surface area (Å²) in [5.41, 5.74) is 0.135. The minimum atomic E-state index is 0.0196. The average molecular weight is 296 g/mol. The van der Waals surface area contributed by atoms with Crippen molar-refractivity contribution >= 4 is 0 Å². The van der Waals surface area contributed by atoms with Crippen molar-refractivity contribution in [3.05, 3.63) is 12.7 Å². The Morgan fingerprint density at radius 3 is 2.33 bits per heavy atom. The van der Waals surface area contributed by atoms with Crippen molar-refractivity contribution in [2.24, 2.45) is 11.3 Å². The fraction of sp³-hybridized carbons (Fsp3) is 0.895. The van der Waals surface area contributed by atoms with Gasteiger partial charge in [0, 0.05) is 5.41 Å². The fourth-order valence-corrected chi connectivity index (χ4v) is 3.29. The Labute approximate surface area is 132 Å². The third-order valence-electron chi connectivity index (χ3n) is 4.41. The van der Waals surface area contributed by atoms with Crippen molar-refractivity contribution in [2.75, 3.05) is 6.61 Å². The number of ether oxygens (including phenoxy) is 2. The molecule has 2 heteroatoms. The van der Waals surface area contributed by atoms with Crippen LogP contribution >= 0.6 is 0 Å². The van der Waals surface area contributed by atoms with Crippen LogP contribution in [0, 0.1) is 11.3 Å². The van der Waals surface area contributed by atoms with Crippen LogP contribution in [0.5, 0.6) is 0 Å². The second-order valence-electron chi connectivity index (χ2n) is 7.52. The van der Waals surface area contributed by atoms with Crippen LogP contribution in [-0.2, 0) is 9.47 Å². The van der Waals surface area contributed by atoms with Gasteiger partial charge in [-0.2, -0.15) is 0 Å². The molecule has 0 unspecified atom stereocenters. The Morgan fingerprint density at radius 2 is 1.71 bits per heavy atom. The number of rotatable bonds is 10. The molecule has 1 aliphatic heterocycles. The molecule has 21 heavy (non-hydrogen) atoms. The number of hydrogen-bond donors (Lipinski definition) is 0. The molecule has 1 rings (SSSR count).